The Hall–Kier alpha value is -1.67. The lowest BCUT2D eigenvalue weighted by atomic mass is 10.0. The quantitative estimate of drug-likeness (QED) is 0.317. The largest absolute Gasteiger partial charge is 0.513 e. The molecule has 0 aliphatic carbocycles. The molecule has 7 nitrogen and oxygen atoms in total. The fraction of sp³-hybridized carbons (Fsp3) is 0.750. The first-order valence-corrected chi connectivity index (χ1v) is 10.9. The van der Waals surface area contributed by atoms with E-state index in [1.807, 2.05) is 20.8 Å². The number of unbranched alkanes of at least 4 members (excludes halogenated alkanes) is 3. The molecule has 1 aliphatic rings. The van der Waals surface area contributed by atoms with Gasteiger partial charge in [0.05, 0.1) is 38.0 Å². The predicted octanol–water partition coefficient (Wildman–Crippen LogP) is 4.64. The highest BCUT2D eigenvalue weighted by Gasteiger charge is 2.37. The first kappa shape index (κ1) is 22.6. The molecule has 0 fully saturated rings. The highest BCUT2D eigenvalue weighted by atomic mass is 32.1. The van der Waals surface area contributed by atoms with Crippen LogP contribution >= 0.6 is 11.7 Å². The number of hydrogen-bond acceptors (Lipinski definition) is 7. The van der Waals surface area contributed by atoms with Gasteiger partial charge in [0.2, 0.25) is 6.23 Å². The molecule has 8 heteroatoms. The van der Waals surface area contributed by atoms with E-state index < -0.39 is 6.16 Å². The highest BCUT2D eigenvalue weighted by Crippen LogP contribution is 2.31. The summed E-state index contributed by atoms with van der Waals surface area (Å²) in [4.78, 5) is 11.9. The zero-order chi connectivity index (χ0) is 20.6. The maximum Gasteiger partial charge on any atom is 0.513 e. The Morgan fingerprint density at radius 1 is 1.21 bits per heavy atom. The van der Waals surface area contributed by atoms with E-state index in [1.165, 1.54) is 31.0 Å². The molecule has 0 spiro atoms. The van der Waals surface area contributed by atoms with Crippen molar-refractivity contribution in [3.05, 3.63) is 11.8 Å². The van der Waals surface area contributed by atoms with Crippen molar-refractivity contribution in [3.63, 3.8) is 0 Å². The van der Waals surface area contributed by atoms with Crippen LogP contribution in [-0.2, 0) is 9.47 Å². The first-order chi connectivity index (χ1) is 13.4. The number of carbonyl (C=O) groups is 1. The van der Waals surface area contributed by atoms with Gasteiger partial charge in [0.25, 0.3) is 5.88 Å². The van der Waals surface area contributed by atoms with Crippen LogP contribution < -0.4 is 4.74 Å². The van der Waals surface area contributed by atoms with Gasteiger partial charge >= 0.3 is 6.16 Å². The first-order valence-electron chi connectivity index (χ1n) is 10.2. The molecule has 0 saturated carbocycles. The third-order valence-electron chi connectivity index (χ3n) is 5.04. The van der Waals surface area contributed by atoms with E-state index in [2.05, 4.69) is 28.8 Å². The number of likely N-dealkylation sites (N-methyl/N-ethyl adjacent to an activating group) is 1. The summed E-state index contributed by atoms with van der Waals surface area (Å²) in [6, 6.07) is 0. The van der Waals surface area contributed by atoms with Crippen molar-refractivity contribution in [3.8, 4) is 5.88 Å². The van der Waals surface area contributed by atoms with Crippen LogP contribution in [0.15, 0.2) is 6.08 Å². The third-order valence-corrected chi connectivity index (χ3v) is 5.55. The van der Waals surface area contributed by atoms with Gasteiger partial charge < -0.3 is 14.2 Å². The van der Waals surface area contributed by atoms with Crippen molar-refractivity contribution < 1.29 is 23.5 Å². The molecule has 0 bridgehead atoms. The zero-order valence-electron chi connectivity index (χ0n) is 17.8. The Kier molecular flexibility index (Phi) is 8.69. The van der Waals surface area contributed by atoms with Crippen molar-refractivity contribution >= 4 is 23.5 Å². The molecular weight excluding hydrogens is 378 g/mol. The monoisotopic (exact) mass is 412 g/mol. The molecule has 28 heavy (non-hydrogen) atoms. The molecular formula is C20H34N3O4S+. The van der Waals surface area contributed by atoms with Gasteiger partial charge in [-0.2, -0.15) is 4.37 Å². The Labute approximate surface area is 172 Å². The van der Waals surface area contributed by atoms with E-state index in [9.17, 15) is 4.79 Å². The SMILES string of the molecule is CCCCCCOc1nsnc1C1=CCC[N+](C)(C(C)OC(=O)OC(C)C)C1. The standard InChI is InChI=1S/C20H34N3O4S/c1-6-7-8-9-13-25-19-18(21-28-22-19)17-11-10-12-23(5,14-17)16(4)27-20(24)26-15(2)3/h11,15-16H,6-10,12-14H2,1-5H3/q+1. The third kappa shape index (κ3) is 6.44. The summed E-state index contributed by atoms with van der Waals surface area (Å²) in [6.07, 6.45) is 6.57. The lowest BCUT2D eigenvalue weighted by Crippen LogP contribution is -2.55. The van der Waals surface area contributed by atoms with E-state index >= 15 is 0 Å². The fourth-order valence-electron chi connectivity index (χ4n) is 3.20. The number of hydrogen-bond donors (Lipinski definition) is 0. The number of carbonyl (C=O) groups excluding carboxylic acids is 1. The molecule has 0 aromatic carbocycles. The second kappa shape index (κ2) is 10.8. The summed E-state index contributed by atoms with van der Waals surface area (Å²) in [5, 5.41) is 0. The summed E-state index contributed by atoms with van der Waals surface area (Å²) in [6.45, 7) is 9.97. The number of aromatic nitrogens is 2. The van der Waals surface area contributed by atoms with E-state index in [1.54, 1.807) is 0 Å². The van der Waals surface area contributed by atoms with Gasteiger partial charge in [-0.05, 0) is 20.3 Å². The minimum Gasteiger partial charge on any atom is -0.475 e. The molecule has 0 N–H and O–H groups in total. The van der Waals surface area contributed by atoms with Crippen LogP contribution in [-0.4, -0.2) is 58.5 Å². The Morgan fingerprint density at radius 2 is 2.00 bits per heavy atom. The van der Waals surface area contributed by atoms with Crippen LogP contribution in [0, 0.1) is 0 Å². The molecule has 1 aliphatic heterocycles. The van der Waals surface area contributed by atoms with Crippen LogP contribution in [0.2, 0.25) is 0 Å². The molecule has 0 saturated heterocycles. The van der Waals surface area contributed by atoms with Gasteiger partial charge in [-0.1, -0.05) is 32.3 Å². The van der Waals surface area contributed by atoms with E-state index in [-0.39, 0.29) is 12.3 Å². The summed E-state index contributed by atoms with van der Waals surface area (Å²) in [5.74, 6) is 0.619. The topological polar surface area (TPSA) is 70.5 Å². The number of quaternary nitrogens is 1. The molecule has 0 amide bonds. The maximum absolute atomic E-state index is 11.9. The Bertz CT molecular complexity index is 662. The number of ether oxygens (including phenoxy) is 3. The molecule has 2 atom stereocenters. The average molecular weight is 413 g/mol. The van der Waals surface area contributed by atoms with Crippen molar-refractivity contribution in [1.29, 1.82) is 0 Å². The minimum atomic E-state index is -0.621. The fourth-order valence-corrected chi connectivity index (χ4v) is 3.74. The minimum absolute atomic E-state index is 0.195. The molecule has 0 radical (unpaired) electrons. The Balaban J connectivity index is 1.98. The van der Waals surface area contributed by atoms with Crippen LogP contribution in [0.3, 0.4) is 0 Å². The van der Waals surface area contributed by atoms with Crippen molar-refractivity contribution in [2.75, 3.05) is 26.7 Å². The summed E-state index contributed by atoms with van der Waals surface area (Å²) in [5.41, 5.74) is 1.92. The Morgan fingerprint density at radius 3 is 2.71 bits per heavy atom. The number of nitrogens with zero attached hydrogens (tertiary/aromatic N) is 3. The second-order valence-electron chi connectivity index (χ2n) is 7.84. The molecule has 1 aromatic heterocycles. The molecule has 2 unspecified atom stereocenters. The van der Waals surface area contributed by atoms with Crippen LogP contribution in [0.1, 0.15) is 65.5 Å². The van der Waals surface area contributed by atoms with Crippen molar-refractivity contribution in [1.82, 2.24) is 8.75 Å². The summed E-state index contributed by atoms with van der Waals surface area (Å²) < 4.78 is 25.9. The number of rotatable bonds is 10. The highest BCUT2D eigenvalue weighted by molar-refractivity contribution is 6.99. The lowest BCUT2D eigenvalue weighted by molar-refractivity contribution is -0.944. The smallest absolute Gasteiger partial charge is 0.475 e. The predicted molar refractivity (Wildman–Crippen MR) is 110 cm³/mol. The van der Waals surface area contributed by atoms with Gasteiger partial charge in [0.1, 0.15) is 12.2 Å². The van der Waals surface area contributed by atoms with E-state index in [0.717, 1.165) is 30.7 Å². The lowest BCUT2D eigenvalue weighted by Gasteiger charge is -2.41. The van der Waals surface area contributed by atoms with Gasteiger partial charge in [-0.15, -0.1) is 4.37 Å². The van der Waals surface area contributed by atoms with Crippen molar-refractivity contribution in [2.45, 2.75) is 72.1 Å². The van der Waals surface area contributed by atoms with Crippen LogP contribution in [0.25, 0.3) is 5.57 Å². The van der Waals surface area contributed by atoms with E-state index in [0.29, 0.717) is 23.5 Å². The van der Waals surface area contributed by atoms with Crippen molar-refractivity contribution in [2.24, 2.45) is 0 Å². The zero-order valence-corrected chi connectivity index (χ0v) is 18.6. The molecule has 158 valence electrons. The second-order valence-corrected chi connectivity index (χ2v) is 8.37. The van der Waals surface area contributed by atoms with E-state index in [4.69, 9.17) is 14.2 Å². The average Bonchev–Trinajstić information content (AvgIpc) is 3.09. The van der Waals surface area contributed by atoms with Crippen LogP contribution in [0.5, 0.6) is 5.88 Å². The maximum atomic E-state index is 11.9. The molecule has 2 heterocycles. The summed E-state index contributed by atoms with van der Waals surface area (Å²) in [7, 11) is 2.09. The summed E-state index contributed by atoms with van der Waals surface area (Å²) >= 11 is 1.18. The normalized spacial score (nSPS) is 20.6. The van der Waals surface area contributed by atoms with Crippen LogP contribution in [0.4, 0.5) is 4.79 Å². The van der Waals surface area contributed by atoms with Gasteiger partial charge in [0.15, 0.2) is 0 Å². The van der Waals surface area contributed by atoms with Gasteiger partial charge in [-0.3, -0.25) is 4.48 Å². The molecule has 2 rings (SSSR count). The van der Waals surface area contributed by atoms with Gasteiger partial charge in [0, 0.05) is 18.9 Å². The molecule has 1 aromatic rings. The van der Waals surface area contributed by atoms with Gasteiger partial charge in [-0.25, -0.2) is 4.79 Å².